The van der Waals surface area contributed by atoms with Gasteiger partial charge in [-0.2, -0.15) is 0 Å². The lowest BCUT2D eigenvalue weighted by atomic mass is 9.81. The monoisotopic (exact) mass is 200 g/mol. The van der Waals surface area contributed by atoms with Gasteiger partial charge < -0.3 is 4.74 Å². The summed E-state index contributed by atoms with van der Waals surface area (Å²) in [7, 11) is 0. The SMILES string of the molecule is CCC(C)(CC)CC(=O)OC(C)(C)C. The first-order valence-corrected chi connectivity index (χ1v) is 5.44. The smallest absolute Gasteiger partial charge is 0.306 e. The second kappa shape index (κ2) is 4.81. The van der Waals surface area contributed by atoms with E-state index in [0.717, 1.165) is 12.8 Å². The van der Waals surface area contributed by atoms with E-state index >= 15 is 0 Å². The molecule has 0 heterocycles. The molecular formula is C12H24O2. The Kier molecular flexibility index (Phi) is 4.63. The van der Waals surface area contributed by atoms with Crippen LogP contribution in [-0.4, -0.2) is 11.6 Å². The Morgan fingerprint density at radius 3 is 1.79 bits per heavy atom. The van der Waals surface area contributed by atoms with Crippen LogP contribution in [-0.2, 0) is 9.53 Å². The summed E-state index contributed by atoms with van der Waals surface area (Å²) in [6.45, 7) is 12.1. The van der Waals surface area contributed by atoms with Crippen LogP contribution < -0.4 is 0 Å². The molecule has 0 unspecified atom stereocenters. The third-order valence-corrected chi connectivity index (χ3v) is 2.70. The maximum absolute atomic E-state index is 11.6. The van der Waals surface area contributed by atoms with Gasteiger partial charge in [0.25, 0.3) is 0 Å². The number of esters is 1. The number of carbonyl (C=O) groups excluding carboxylic acids is 1. The van der Waals surface area contributed by atoms with Gasteiger partial charge in [0, 0.05) is 0 Å². The number of ether oxygens (including phenoxy) is 1. The van der Waals surface area contributed by atoms with E-state index in [1.165, 1.54) is 0 Å². The van der Waals surface area contributed by atoms with E-state index in [1.54, 1.807) is 0 Å². The third-order valence-electron chi connectivity index (χ3n) is 2.70. The summed E-state index contributed by atoms with van der Waals surface area (Å²) < 4.78 is 5.30. The fraction of sp³-hybridized carbons (Fsp3) is 0.917. The molecule has 2 heteroatoms. The summed E-state index contributed by atoms with van der Waals surface area (Å²) in [5.74, 6) is -0.0799. The molecule has 0 aliphatic carbocycles. The lowest BCUT2D eigenvalue weighted by molar-refractivity contribution is -0.157. The molecule has 2 nitrogen and oxygen atoms in total. The Morgan fingerprint density at radius 1 is 1.07 bits per heavy atom. The molecule has 0 saturated carbocycles. The van der Waals surface area contributed by atoms with Crippen molar-refractivity contribution in [3.63, 3.8) is 0 Å². The summed E-state index contributed by atoms with van der Waals surface area (Å²) >= 11 is 0. The summed E-state index contributed by atoms with van der Waals surface area (Å²) in [6.07, 6.45) is 2.56. The van der Waals surface area contributed by atoms with Gasteiger partial charge in [-0.3, -0.25) is 4.79 Å². The van der Waals surface area contributed by atoms with E-state index in [0.29, 0.717) is 6.42 Å². The average molecular weight is 200 g/mol. The van der Waals surface area contributed by atoms with E-state index < -0.39 is 0 Å². The minimum atomic E-state index is -0.362. The molecule has 0 spiro atoms. The topological polar surface area (TPSA) is 26.3 Å². The van der Waals surface area contributed by atoms with Crippen LogP contribution in [0, 0.1) is 5.41 Å². The van der Waals surface area contributed by atoms with Crippen LogP contribution >= 0.6 is 0 Å². The van der Waals surface area contributed by atoms with Crippen molar-refractivity contribution < 1.29 is 9.53 Å². The highest BCUT2D eigenvalue weighted by Crippen LogP contribution is 2.30. The maximum Gasteiger partial charge on any atom is 0.306 e. The molecule has 0 atom stereocenters. The first-order valence-electron chi connectivity index (χ1n) is 5.44. The highest BCUT2D eigenvalue weighted by atomic mass is 16.6. The van der Waals surface area contributed by atoms with E-state index in [9.17, 15) is 4.79 Å². The molecule has 0 aliphatic rings. The Labute approximate surface area is 88.0 Å². The van der Waals surface area contributed by atoms with Crippen molar-refractivity contribution >= 4 is 5.97 Å². The van der Waals surface area contributed by atoms with Gasteiger partial charge in [0.15, 0.2) is 0 Å². The van der Waals surface area contributed by atoms with Gasteiger partial charge in [-0.15, -0.1) is 0 Å². The number of carbonyl (C=O) groups is 1. The molecular weight excluding hydrogens is 176 g/mol. The minimum absolute atomic E-state index is 0.0799. The van der Waals surface area contributed by atoms with E-state index in [4.69, 9.17) is 4.74 Å². The van der Waals surface area contributed by atoms with Crippen LogP contribution in [0.3, 0.4) is 0 Å². The Hall–Kier alpha value is -0.530. The summed E-state index contributed by atoms with van der Waals surface area (Å²) in [6, 6.07) is 0. The molecule has 0 aromatic carbocycles. The quantitative estimate of drug-likeness (QED) is 0.649. The van der Waals surface area contributed by atoms with Gasteiger partial charge >= 0.3 is 5.97 Å². The summed E-state index contributed by atoms with van der Waals surface area (Å²) in [5.41, 5.74) is -0.262. The third kappa shape index (κ3) is 5.25. The standard InChI is InChI=1S/C12H24O2/c1-7-12(6,8-2)9-10(13)14-11(3,4)5/h7-9H2,1-6H3. The lowest BCUT2D eigenvalue weighted by Gasteiger charge is -2.28. The first-order chi connectivity index (χ1) is 6.22. The largest absolute Gasteiger partial charge is 0.460 e. The molecule has 0 aromatic heterocycles. The van der Waals surface area contributed by atoms with Gasteiger partial charge in [-0.1, -0.05) is 33.6 Å². The second-order valence-electron chi connectivity index (χ2n) is 5.28. The molecule has 0 radical (unpaired) electrons. The zero-order valence-corrected chi connectivity index (χ0v) is 10.4. The molecule has 0 fully saturated rings. The van der Waals surface area contributed by atoms with Gasteiger partial charge in [-0.05, 0) is 26.2 Å². The van der Waals surface area contributed by atoms with Crippen LogP contribution in [0.5, 0.6) is 0 Å². The van der Waals surface area contributed by atoms with Gasteiger partial charge in [0.2, 0.25) is 0 Å². The zero-order chi connectivity index (χ0) is 11.4. The molecule has 0 amide bonds. The van der Waals surface area contributed by atoms with Crippen molar-refractivity contribution in [3.8, 4) is 0 Å². The zero-order valence-electron chi connectivity index (χ0n) is 10.4. The van der Waals surface area contributed by atoms with Gasteiger partial charge in [0.05, 0.1) is 6.42 Å². The fourth-order valence-electron chi connectivity index (χ4n) is 1.23. The lowest BCUT2D eigenvalue weighted by Crippen LogP contribution is -2.28. The first kappa shape index (κ1) is 13.5. The van der Waals surface area contributed by atoms with Crippen LogP contribution in [0.2, 0.25) is 0 Å². The highest BCUT2D eigenvalue weighted by molar-refractivity contribution is 5.70. The fourth-order valence-corrected chi connectivity index (χ4v) is 1.23. The van der Waals surface area contributed by atoms with Crippen molar-refractivity contribution in [3.05, 3.63) is 0 Å². The molecule has 0 rings (SSSR count). The van der Waals surface area contributed by atoms with E-state index in [2.05, 4.69) is 20.8 Å². The van der Waals surface area contributed by atoms with Crippen molar-refractivity contribution in [2.24, 2.45) is 5.41 Å². The molecule has 84 valence electrons. The summed E-state index contributed by atoms with van der Waals surface area (Å²) in [5, 5.41) is 0. The molecule has 0 aromatic rings. The van der Waals surface area contributed by atoms with Crippen LogP contribution in [0.1, 0.15) is 60.8 Å². The highest BCUT2D eigenvalue weighted by Gasteiger charge is 2.26. The molecule has 0 aliphatic heterocycles. The number of rotatable bonds is 4. The van der Waals surface area contributed by atoms with Crippen LogP contribution in [0.25, 0.3) is 0 Å². The molecule has 0 saturated heterocycles. The Morgan fingerprint density at radius 2 is 1.50 bits per heavy atom. The number of hydrogen-bond acceptors (Lipinski definition) is 2. The van der Waals surface area contributed by atoms with Gasteiger partial charge in [0.1, 0.15) is 5.60 Å². The average Bonchev–Trinajstić information content (AvgIpc) is 2.00. The van der Waals surface area contributed by atoms with Crippen LogP contribution in [0.4, 0.5) is 0 Å². The minimum Gasteiger partial charge on any atom is -0.460 e. The van der Waals surface area contributed by atoms with Crippen molar-refractivity contribution in [2.45, 2.75) is 66.4 Å². The molecule has 0 bridgehead atoms. The second-order valence-corrected chi connectivity index (χ2v) is 5.28. The Bertz CT molecular complexity index is 185. The normalized spacial score (nSPS) is 12.7. The van der Waals surface area contributed by atoms with E-state index in [-0.39, 0.29) is 17.0 Å². The molecule has 0 N–H and O–H groups in total. The summed E-state index contributed by atoms with van der Waals surface area (Å²) in [4.78, 5) is 11.6. The predicted octanol–water partition coefficient (Wildman–Crippen LogP) is 3.54. The van der Waals surface area contributed by atoms with Gasteiger partial charge in [-0.25, -0.2) is 0 Å². The van der Waals surface area contributed by atoms with Crippen molar-refractivity contribution in [1.29, 1.82) is 0 Å². The van der Waals surface area contributed by atoms with Crippen LogP contribution in [0.15, 0.2) is 0 Å². The van der Waals surface area contributed by atoms with E-state index in [1.807, 2.05) is 20.8 Å². The van der Waals surface area contributed by atoms with Crippen molar-refractivity contribution in [1.82, 2.24) is 0 Å². The maximum atomic E-state index is 11.6. The molecule has 14 heavy (non-hydrogen) atoms. The predicted molar refractivity (Wildman–Crippen MR) is 59.2 cm³/mol. The number of hydrogen-bond donors (Lipinski definition) is 0. The van der Waals surface area contributed by atoms with Crippen molar-refractivity contribution in [2.75, 3.05) is 0 Å². The Balaban J connectivity index is 4.18.